The Morgan fingerprint density at radius 3 is 2.58 bits per heavy atom. The molecule has 0 bridgehead atoms. The van der Waals surface area contributed by atoms with E-state index in [1.165, 1.54) is 0 Å². The molecule has 170 valence electrons. The van der Waals surface area contributed by atoms with E-state index in [2.05, 4.69) is 26.1 Å². The summed E-state index contributed by atoms with van der Waals surface area (Å²) in [6.07, 6.45) is 5.87. The average Bonchev–Trinajstić information content (AvgIpc) is 3.49. The zero-order valence-electron chi connectivity index (χ0n) is 17.6. The summed E-state index contributed by atoms with van der Waals surface area (Å²) < 4.78 is 18.0. The van der Waals surface area contributed by atoms with Crippen LogP contribution in [0.2, 0.25) is 0 Å². The lowest BCUT2D eigenvalue weighted by atomic mass is 9.78. The predicted molar refractivity (Wildman–Crippen MR) is 125 cm³/mol. The first-order valence-electron chi connectivity index (χ1n) is 10.7. The number of nitrogen functional groups attached to an aromatic ring is 1. The van der Waals surface area contributed by atoms with Crippen LogP contribution in [0.3, 0.4) is 0 Å². The van der Waals surface area contributed by atoms with Crippen molar-refractivity contribution in [3.63, 3.8) is 0 Å². The third-order valence-corrected chi connectivity index (χ3v) is 7.18. The van der Waals surface area contributed by atoms with Crippen LogP contribution in [0.25, 0.3) is 22.5 Å². The summed E-state index contributed by atoms with van der Waals surface area (Å²) in [6.45, 7) is 0. The topological polar surface area (TPSA) is 111 Å². The van der Waals surface area contributed by atoms with Gasteiger partial charge in [0.2, 0.25) is 0 Å². The molecule has 10 heteroatoms. The number of alkyl halides is 1. The molecule has 1 atom stereocenters. The van der Waals surface area contributed by atoms with E-state index in [1.807, 2.05) is 36.5 Å². The lowest BCUT2D eigenvalue weighted by molar-refractivity contribution is -0.145. The molecule has 33 heavy (non-hydrogen) atoms. The van der Waals surface area contributed by atoms with Gasteiger partial charge in [0.1, 0.15) is 5.82 Å². The number of benzene rings is 1. The molecule has 1 aliphatic rings. The summed E-state index contributed by atoms with van der Waals surface area (Å²) in [5.41, 5.74) is 10.4. The fraction of sp³-hybridized carbons (Fsp3) is 0.304. The Morgan fingerprint density at radius 1 is 1.15 bits per heavy atom. The Kier molecular flexibility index (Phi) is 5.61. The zero-order valence-corrected chi connectivity index (χ0v) is 19.2. The van der Waals surface area contributed by atoms with Gasteiger partial charge in [0.25, 0.3) is 0 Å². The van der Waals surface area contributed by atoms with E-state index in [1.54, 1.807) is 21.6 Å². The van der Waals surface area contributed by atoms with E-state index < -0.39 is 18.1 Å². The number of halogens is 2. The van der Waals surface area contributed by atoms with Crippen molar-refractivity contribution in [1.29, 1.82) is 0 Å². The summed E-state index contributed by atoms with van der Waals surface area (Å²) in [5.74, 6) is -1.36. The number of nitrogens with zero attached hydrogens (tertiary/aromatic N) is 5. The monoisotopic (exact) mass is 512 g/mol. The fourth-order valence-corrected chi connectivity index (χ4v) is 5.14. The third-order valence-electron chi connectivity index (χ3n) is 6.37. The molecule has 0 unspecified atom stereocenters. The van der Waals surface area contributed by atoms with Crippen molar-refractivity contribution in [2.75, 3.05) is 5.73 Å². The van der Waals surface area contributed by atoms with Crippen molar-refractivity contribution in [2.24, 2.45) is 5.92 Å². The van der Waals surface area contributed by atoms with Gasteiger partial charge < -0.3 is 10.8 Å². The molecule has 3 heterocycles. The van der Waals surface area contributed by atoms with Gasteiger partial charge in [-0.05, 0) is 53.7 Å². The highest BCUT2D eigenvalue weighted by Gasteiger charge is 2.34. The van der Waals surface area contributed by atoms with Crippen LogP contribution in [0.4, 0.5) is 10.2 Å². The second kappa shape index (κ2) is 8.58. The molecule has 1 aromatic carbocycles. The molecule has 1 aliphatic carbocycles. The second-order valence-corrected chi connectivity index (χ2v) is 9.14. The second-order valence-electron chi connectivity index (χ2n) is 8.35. The number of rotatable bonds is 5. The number of nitrogens with two attached hydrogens (primary N) is 1. The first-order valence-corrected chi connectivity index (χ1v) is 11.5. The number of aromatic nitrogens is 5. The van der Waals surface area contributed by atoms with Gasteiger partial charge in [0.15, 0.2) is 11.8 Å². The first-order chi connectivity index (χ1) is 15.9. The molecule has 0 spiro atoms. The van der Waals surface area contributed by atoms with Crippen LogP contribution in [0.5, 0.6) is 0 Å². The number of aliphatic carboxylic acids is 1. The Labute approximate surface area is 197 Å². The van der Waals surface area contributed by atoms with Gasteiger partial charge >= 0.3 is 5.97 Å². The normalized spacial score (nSPS) is 19.6. The number of carboxylic acid groups (broad SMARTS) is 1. The van der Waals surface area contributed by atoms with Crippen molar-refractivity contribution in [3.8, 4) is 16.8 Å². The van der Waals surface area contributed by atoms with Gasteiger partial charge in [-0.3, -0.25) is 0 Å². The summed E-state index contributed by atoms with van der Waals surface area (Å²) in [6, 6.07) is 9.80. The molecule has 1 saturated carbocycles. The molecule has 3 aromatic heterocycles. The average molecular weight is 513 g/mol. The Morgan fingerprint density at radius 2 is 1.88 bits per heavy atom. The zero-order chi connectivity index (χ0) is 23.1. The molecular formula is C23H22BrFN6O2. The molecule has 5 rings (SSSR count). The van der Waals surface area contributed by atoms with Crippen LogP contribution < -0.4 is 5.73 Å². The minimum absolute atomic E-state index is 0.0544. The number of para-hydroxylation sites is 1. The van der Waals surface area contributed by atoms with Gasteiger partial charge in [0, 0.05) is 29.2 Å². The first kappa shape index (κ1) is 21.6. The van der Waals surface area contributed by atoms with E-state index in [0.717, 1.165) is 22.5 Å². The van der Waals surface area contributed by atoms with Gasteiger partial charge in [0.05, 0.1) is 28.2 Å². The van der Waals surface area contributed by atoms with Crippen LogP contribution in [-0.4, -0.2) is 41.6 Å². The molecule has 3 N–H and O–H groups in total. The highest BCUT2D eigenvalue weighted by Crippen LogP contribution is 2.41. The van der Waals surface area contributed by atoms with Gasteiger partial charge in [-0.15, -0.1) is 0 Å². The van der Waals surface area contributed by atoms with E-state index in [4.69, 9.17) is 15.8 Å². The van der Waals surface area contributed by atoms with Crippen molar-refractivity contribution < 1.29 is 14.3 Å². The van der Waals surface area contributed by atoms with Crippen LogP contribution in [0.1, 0.15) is 37.3 Å². The van der Waals surface area contributed by atoms with E-state index in [-0.39, 0.29) is 5.92 Å². The maximum Gasteiger partial charge on any atom is 0.338 e. The molecule has 0 aliphatic heterocycles. The standard InChI is InChI=1S/C23H22BrFN6O2/c24-18-20(14-8-6-13(7-9-14)19(25)23(32)33)29-22-17(11-28-31(22)21(18)26)15-10-27-30(12-15)16-4-2-1-3-5-16/h1-5,10-14,19H,6-9,26H2,(H,32,33)/t13-,14-,19-/m0/s1. The Bertz CT molecular complexity index is 1310. The number of carbonyl (C=O) groups is 1. The van der Waals surface area contributed by atoms with Gasteiger partial charge in [-0.1, -0.05) is 18.2 Å². The van der Waals surface area contributed by atoms with Crippen molar-refractivity contribution in [2.45, 2.75) is 37.8 Å². The fourth-order valence-electron chi connectivity index (χ4n) is 4.56. The highest BCUT2D eigenvalue weighted by atomic mass is 79.9. The van der Waals surface area contributed by atoms with Crippen LogP contribution >= 0.6 is 15.9 Å². The molecular weight excluding hydrogens is 491 g/mol. The molecule has 0 saturated heterocycles. The van der Waals surface area contributed by atoms with E-state index >= 15 is 0 Å². The predicted octanol–water partition coefficient (Wildman–Crippen LogP) is 4.62. The summed E-state index contributed by atoms with van der Waals surface area (Å²) >= 11 is 3.57. The SMILES string of the molecule is Nc1c(Br)c([C@H]2CC[C@H]([C@H](F)C(=O)O)CC2)nc2c(-c3cnn(-c4ccccc4)c3)cnn12. The highest BCUT2D eigenvalue weighted by molar-refractivity contribution is 9.10. The van der Waals surface area contributed by atoms with Crippen molar-refractivity contribution >= 4 is 33.4 Å². The third kappa shape index (κ3) is 3.88. The number of fused-ring (bicyclic) bond motifs is 1. The molecule has 8 nitrogen and oxygen atoms in total. The van der Waals surface area contributed by atoms with E-state index in [9.17, 15) is 9.18 Å². The van der Waals surface area contributed by atoms with Gasteiger partial charge in [-0.2, -0.15) is 14.7 Å². The van der Waals surface area contributed by atoms with Crippen molar-refractivity contribution in [1.82, 2.24) is 24.4 Å². The molecule has 4 aromatic rings. The summed E-state index contributed by atoms with van der Waals surface area (Å²) in [7, 11) is 0. The smallest absolute Gasteiger partial charge is 0.338 e. The maximum atomic E-state index is 14.0. The van der Waals surface area contributed by atoms with Crippen LogP contribution in [0.15, 0.2) is 53.4 Å². The molecule has 1 fully saturated rings. The maximum absolute atomic E-state index is 14.0. The lowest BCUT2D eigenvalue weighted by Gasteiger charge is -2.29. The van der Waals surface area contributed by atoms with Crippen LogP contribution in [-0.2, 0) is 4.79 Å². The summed E-state index contributed by atoms with van der Waals surface area (Å²) in [4.78, 5) is 15.9. The number of hydrogen-bond acceptors (Lipinski definition) is 5. The number of hydrogen-bond donors (Lipinski definition) is 2. The molecule has 0 amide bonds. The quantitative estimate of drug-likeness (QED) is 0.403. The minimum atomic E-state index is -1.82. The minimum Gasteiger partial charge on any atom is -0.479 e. The van der Waals surface area contributed by atoms with Crippen molar-refractivity contribution in [3.05, 3.63) is 59.1 Å². The number of anilines is 1. The van der Waals surface area contributed by atoms with Crippen LogP contribution in [0, 0.1) is 5.92 Å². The molecule has 0 radical (unpaired) electrons. The largest absolute Gasteiger partial charge is 0.479 e. The Hall–Kier alpha value is -3.27. The lowest BCUT2D eigenvalue weighted by Crippen LogP contribution is -2.28. The Balaban J connectivity index is 1.48. The van der Waals surface area contributed by atoms with Gasteiger partial charge in [-0.25, -0.2) is 18.9 Å². The number of carboxylic acids is 1. The van der Waals surface area contributed by atoms with E-state index in [0.29, 0.717) is 41.6 Å². The summed E-state index contributed by atoms with van der Waals surface area (Å²) in [5, 5.41) is 17.9.